The van der Waals surface area contributed by atoms with E-state index in [1.165, 1.54) is 9.87 Å². The summed E-state index contributed by atoms with van der Waals surface area (Å²) in [5, 5.41) is 10.9. The quantitative estimate of drug-likeness (QED) is 0.827. The van der Waals surface area contributed by atoms with Crippen LogP contribution in [-0.4, -0.2) is 61.1 Å². The molecule has 1 saturated heterocycles. The predicted octanol–water partition coefficient (Wildman–Crippen LogP) is 1.52. The number of H-pyrrole nitrogens is 1. The van der Waals surface area contributed by atoms with Crippen LogP contribution in [0.1, 0.15) is 24.0 Å². The van der Waals surface area contributed by atoms with Gasteiger partial charge in [0.05, 0.1) is 5.75 Å². The molecule has 0 radical (unpaired) electrons. The Hall–Kier alpha value is -1.41. The molecule has 1 aliphatic rings. The van der Waals surface area contributed by atoms with E-state index in [9.17, 15) is 13.5 Å². The smallest absolute Gasteiger partial charge is 0.220 e. The van der Waals surface area contributed by atoms with Gasteiger partial charge >= 0.3 is 0 Å². The molecule has 3 rings (SSSR count). The molecule has 24 heavy (non-hydrogen) atoms. The number of rotatable bonds is 6. The van der Waals surface area contributed by atoms with E-state index >= 15 is 0 Å². The van der Waals surface area contributed by atoms with Crippen LogP contribution in [0.25, 0.3) is 10.9 Å². The highest BCUT2D eigenvalue weighted by atomic mass is 32.2. The Morgan fingerprint density at radius 3 is 2.83 bits per heavy atom. The zero-order valence-corrected chi connectivity index (χ0v) is 15.0. The van der Waals surface area contributed by atoms with Gasteiger partial charge in [-0.25, -0.2) is 8.42 Å². The summed E-state index contributed by atoms with van der Waals surface area (Å²) in [4.78, 5) is 5.37. The second-order valence-electron chi connectivity index (χ2n) is 6.74. The SMILES string of the molecule is CN(C)CCc1c[nH]c2ccc(CS(=O)(=O)N3CCCC3O)cc12. The van der Waals surface area contributed by atoms with E-state index in [1.807, 2.05) is 38.5 Å². The first-order valence-corrected chi connectivity index (χ1v) is 9.89. The molecule has 1 aliphatic heterocycles. The van der Waals surface area contributed by atoms with Crippen LogP contribution in [0.4, 0.5) is 0 Å². The van der Waals surface area contributed by atoms with Crippen molar-refractivity contribution in [3.05, 3.63) is 35.5 Å². The molecule has 0 amide bonds. The number of aliphatic hydroxyl groups excluding tert-OH is 1. The van der Waals surface area contributed by atoms with E-state index in [0.29, 0.717) is 19.4 Å². The maximum Gasteiger partial charge on any atom is 0.220 e. The number of aromatic nitrogens is 1. The van der Waals surface area contributed by atoms with Gasteiger partial charge in [0, 0.05) is 30.2 Å². The number of aliphatic hydroxyl groups is 1. The van der Waals surface area contributed by atoms with Crippen LogP contribution in [0.3, 0.4) is 0 Å². The van der Waals surface area contributed by atoms with Crippen molar-refractivity contribution < 1.29 is 13.5 Å². The molecule has 0 bridgehead atoms. The summed E-state index contributed by atoms with van der Waals surface area (Å²) in [6.45, 7) is 1.35. The highest BCUT2D eigenvalue weighted by molar-refractivity contribution is 7.88. The standard InChI is InChI=1S/C17H25N3O3S/c1-19(2)9-7-14-11-18-16-6-5-13(10-15(14)16)12-24(22,23)20-8-3-4-17(20)21/h5-6,10-11,17-18,21H,3-4,7-9,12H2,1-2H3. The minimum Gasteiger partial charge on any atom is -0.377 e. The molecular weight excluding hydrogens is 326 g/mol. The van der Waals surface area contributed by atoms with Gasteiger partial charge in [0.15, 0.2) is 0 Å². The van der Waals surface area contributed by atoms with E-state index in [2.05, 4.69) is 9.88 Å². The molecule has 0 aliphatic carbocycles. The number of hydrogen-bond acceptors (Lipinski definition) is 4. The predicted molar refractivity (Wildman–Crippen MR) is 95.1 cm³/mol. The minimum absolute atomic E-state index is 0.0711. The second kappa shape index (κ2) is 6.84. The Bertz CT molecular complexity index is 814. The highest BCUT2D eigenvalue weighted by Gasteiger charge is 2.32. The zero-order chi connectivity index (χ0) is 17.3. The Kier molecular flexibility index (Phi) is 4.96. The van der Waals surface area contributed by atoms with Crippen molar-refractivity contribution in [2.24, 2.45) is 0 Å². The lowest BCUT2D eigenvalue weighted by molar-refractivity contribution is 0.0948. The third-order valence-corrected chi connectivity index (χ3v) is 6.38. The summed E-state index contributed by atoms with van der Waals surface area (Å²) < 4.78 is 26.3. The Balaban J connectivity index is 1.83. The van der Waals surface area contributed by atoms with Crippen LogP contribution in [0.5, 0.6) is 0 Å². The van der Waals surface area contributed by atoms with Crippen LogP contribution >= 0.6 is 0 Å². The number of fused-ring (bicyclic) bond motifs is 1. The van der Waals surface area contributed by atoms with Crippen LogP contribution in [-0.2, 0) is 22.2 Å². The van der Waals surface area contributed by atoms with Gasteiger partial charge in [-0.2, -0.15) is 4.31 Å². The summed E-state index contributed by atoms with van der Waals surface area (Å²) >= 11 is 0. The molecule has 2 heterocycles. The van der Waals surface area contributed by atoms with Crippen molar-refractivity contribution in [2.45, 2.75) is 31.2 Å². The van der Waals surface area contributed by atoms with E-state index in [0.717, 1.165) is 29.4 Å². The maximum atomic E-state index is 12.5. The van der Waals surface area contributed by atoms with Gasteiger partial charge in [-0.1, -0.05) is 6.07 Å². The normalized spacial score (nSPS) is 19.6. The molecule has 1 atom stereocenters. The van der Waals surface area contributed by atoms with Crippen molar-refractivity contribution >= 4 is 20.9 Å². The van der Waals surface area contributed by atoms with Crippen molar-refractivity contribution in [1.82, 2.24) is 14.2 Å². The van der Waals surface area contributed by atoms with Crippen molar-refractivity contribution in [1.29, 1.82) is 0 Å². The largest absolute Gasteiger partial charge is 0.377 e. The minimum atomic E-state index is -3.49. The molecule has 6 nitrogen and oxygen atoms in total. The lowest BCUT2D eigenvalue weighted by Crippen LogP contribution is -2.36. The highest BCUT2D eigenvalue weighted by Crippen LogP contribution is 2.25. The van der Waals surface area contributed by atoms with Crippen molar-refractivity contribution in [3.63, 3.8) is 0 Å². The monoisotopic (exact) mass is 351 g/mol. The fourth-order valence-corrected chi connectivity index (χ4v) is 4.86. The van der Waals surface area contributed by atoms with E-state index in [1.54, 1.807) is 0 Å². The zero-order valence-electron chi connectivity index (χ0n) is 14.2. The topological polar surface area (TPSA) is 76.6 Å². The third kappa shape index (κ3) is 3.64. The Morgan fingerprint density at radius 1 is 1.38 bits per heavy atom. The summed E-state index contributed by atoms with van der Waals surface area (Å²) in [5.41, 5.74) is 2.97. The summed E-state index contributed by atoms with van der Waals surface area (Å²) in [6.07, 6.45) is 3.27. The third-order valence-electron chi connectivity index (χ3n) is 4.54. The first kappa shape index (κ1) is 17.4. The number of hydrogen-bond donors (Lipinski definition) is 2. The molecule has 1 fully saturated rings. The van der Waals surface area contributed by atoms with Crippen molar-refractivity contribution in [2.75, 3.05) is 27.2 Å². The van der Waals surface area contributed by atoms with Gasteiger partial charge in [0.1, 0.15) is 6.23 Å². The lowest BCUT2D eigenvalue weighted by atomic mass is 10.1. The Labute approximate surface area is 143 Å². The fraction of sp³-hybridized carbons (Fsp3) is 0.529. The molecular formula is C17H25N3O3S. The van der Waals surface area contributed by atoms with E-state index < -0.39 is 16.3 Å². The number of aromatic amines is 1. The van der Waals surface area contributed by atoms with Gasteiger partial charge in [-0.15, -0.1) is 0 Å². The van der Waals surface area contributed by atoms with Gasteiger partial charge in [-0.3, -0.25) is 0 Å². The molecule has 7 heteroatoms. The fourth-order valence-electron chi connectivity index (χ4n) is 3.21. The van der Waals surface area contributed by atoms with Crippen molar-refractivity contribution in [3.8, 4) is 0 Å². The number of sulfonamides is 1. The van der Waals surface area contributed by atoms with E-state index in [-0.39, 0.29) is 5.75 Å². The molecule has 2 N–H and O–H groups in total. The van der Waals surface area contributed by atoms with Crippen LogP contribution in [0.15, 0.2) is 24.4 Å². The molecule has 1 unspecified atom stereocenters. The van der Waals surface area contributed by atoms with Gasteiger partial charge < -0.3 is 15.0 Å². The van der Waals surface area contributed by atoms with Crippen LogP contribution < -0.4 is 0 Å². The average Bonchev–Trinajstić information content (AvgIpc) is 3.11. The van der Waals surface area contributed by atoms with Gasteiger partial charge in [0.25, 0.3) is 0 Å². The second-order valence-corrected chi connectivity index (χ2v) is 8.66. The summed E-state index contributed by atoms with van der Waals surface area (Å²) in [7, 11) is 0.584. The summed E-state index contributed by atoms with van der Waals surface area (Å²) in [5.74, 6) is -0.0711. The van der Waals surface area contributed by atoms with Crippen LogP contribution in [0, 0.1) is 0 Å². The van der Waals surface area contributed by atoms with Crippen LogP contribution in [0.2, 0.25) is 0 Å². The van der Waals surface area contributed by atoms with Gasteiger partial charge in [0.2, 0.25) is 10.0 Å². The summed E-state index contributed by atoms with van der Waals surface area (Å²) in [6, 6.07) is 5.73. The molecule has 1 aromatic carbocycles. The number of nitrogens with one attached hydrogen (secondary N) is 1. The Morgan fingerprint density at radius 2 is 2.17 bits per heavy atom. The molecule has 2 aromatic rings. The number of benzene rings is 1. The van der Waals surface area contributed by atoms with E-state index in [4.69, 9.17) is 0 Å². The molecule has 0 spiro atoms. The number of likely N-dealkylation sites (N-methyl/N-ethyl adjacent to an activating group) is 1. The average molecular weight is 351 g/mol. The number of nitrogens with zero attached hydrogens (tertiary/aromatic N) is 2. The first-order valence-electron chi connectivity index (χ1n) is 8.28. The van der Waals surface area contributed by atoms with Gasteiger partial charge in [-0.05, 0) is 56.6 Å². The first-order chi connectivity index (χ1) is 11.4. The maximum absolute atomic E-state index is 12.5. The molecule has 132 valence electrons. The molecule has 1 aromatic heterocycles. The molecule has 0 saturated carbocycles. The lowest BCUT2D eigenvalue weighted by Gasteiger charge is -2.19.